The molecule has 1 amide bonds. The van der Waals surface area contributed by atoms with Crippen LogP contribution in [0.3, 0.4) is 0 Å². The first kappa shape index (κ1) is 11.5. The number of hydrazine groups is 1. The highest BCUT2D eigenvalue weighted by molar-refractivity contribution is 5.92. The third-order valence-corrected chi connectivity index (χ3v) is 1.92. The summed E-state index contributed by atoms with van der Waals surface area (Å²) >= 11 is 0. The van der Waals surface area contributed by atoms with Crippen LogP contribution in [0, 0.1) is 10.1 Å². The monoisotopic (exact) mass is 215 g/mol. The molecule has 0 unspecified atom stereocenters. The van der Waals surface area contributed by atoms with Gasteiger partial charge in [0.05, 0.1) is 6.34 Å². The van der Waals surface area contributed by atoms with E-state index in [4.69, 9.17) is 0 Å². The molecule has 1 rings (SSSR count). The summed E-state index contributed by atoms with van der Waals surface area (Å²) < 4.78 is 0. The first-order chi connectivity index (χ1) is 6.93. The van der Waals surface area contributed by atoms with Crippen LogP contribution in [-0.4, -0.2) is 60.4 Å². The van der Waals surface area contributed by atoms with Crippen molar-refractivity contribution in [3.8, 4) is 0 Å². The van der Waals surface area contributed by atoms with Gasteiger partial charge in [-0.05, 0) is 0 Å². The molecule has 84 valence electrons. The number of nitro groups is 1. The normalized spacial score (nSPS) is 26.1. The van der Waals surface area contributed by atoms with Crippen LogP contribution in [0.4, 0.5) is 0 Å². The zero-order valence-electron chi connectivity index (χ0n) is 8.75. The van der Waals surface area contributed by atoms with Crippen molar-refractivity contribution in [1.82, 2.24) is 15.3 Å². The van der Waals surface area contributed by atoms with Crippen LogP contribution < -0.4 is 5.43 Å². The van der Waals surface area contributed by atoms with Crippen LogP contribution in [0.1, 0.15) is 0 Å². The highest BCUT2D eigenvalue weighted by Gasteiger charge is 2.43. The van der Waals surface area contributed by atoms with Gasteiger partial charge in [-0.15, -0.1) is 0 Å². The van der Waals surface area contributed by atoms with Crippen molar-refractivity contribution in [2.24, 2.45) is 4.99 Å². The van der Waals surface area contributed by atoms with Crippen molar-refractivity contribution < 1.29 is 9.72 Å². The molecule has 0 aromatic rings. The third kappa shape index (κ3) is 2.48. The fourth-order valence-corrected chi connectivity index (χ4v) is 1.23. The SMILES string of the molecule is CN(C)N[C@H]1N=CN(C)C(=O)[C@H]1[N+](=O)[O-]. The predicted octanol–water partition coefficient (Wildman–Crippen LogP) is -1.48. The molecular formula is C7H13N5O3. The van der Waals surface area contributed by atoms with Crippen molar-refractivity contribution in [3.63, 3.8) is 0 Å². The second kappa shape index (κ2) is 4.32. The molecular weight excluding hydrogens is 202 g/mol. The molecule has 0 aromatic heterocycles. The Morgan fingerprint density at radius 2 is 2.27 bits per heavy atom. The zero-order valence-corrected chi connectivity index (χ0v) is 8.75. The summed E-state index contributed by atoms with van der Waals surface area (Å²) in [4.78, 5) is 26.6. The first-order valence-corrected chi connectivity index (χ1v) is 4.30. The lowest BCUT2D eigenvalue weighted by Crippen LogP contribution is -2.57. The molecule has 2 atom stereocenters. The minimum Gasteiger partial charge on any atom is -0.300 e. The van der Waals surface area contributed by atoms with E-state index in [-0.39, 0.29) is 0 Å². The molecule has 0 radical (unpaired) electrons. The van der Waals surface area contributed by atoms with E-state index in [9.17, 15) is 14.9 Å². The lowest BCUT2D eigenvalue weighted by atomic mass is 10.2. The summed E-state index contributed by atoms with van der Waals surface area (Å²) in [6, 6.07) is -1.37. The molecule has 0 fully saturated rings. The van der Waals surface area contributed by atoms with Crippen LogP contribution in [0.5, 0.6) is 0 Å². The Bertz CT molecular complexity index is 303. The van der Waals surface area contributed by atoms with Gasteiger partial charge in [0, 0.05) is 26.1 Å². The zero-order chi connectivity index (χ0) is 11.6. The van der Waals surface area contributed by atoms with Gasteiger partial charge in [-0.2, -0.15) is 0 Å². The maximum absolute atomic E-state index is 11.5. The molecule has 1 aliphatic rings. The highest BCUT2D eigenvalue weighted by atomic mass is 16.6. The quantitative estimate of drug-likeness (QED) is 0.458. The number of hydrogen-bond donors (Lipinski definition) is 1. The van der Waals surface area contributed by atoms with Gasteiger partial charge >= 0.3 is 11.9 Å². The van der Waals surface area contributed by atoms with E-state index in [2.05, 4.69) is 10.4 Å². The predicted molar refractivity (Wildman–Crippen MR) is 52.7 cm³/mol. The van der Waals surface area contributed by atoms with Gasteiger partial charge < -0.3 is 4.90 Å². The second-order valence-electron chi connectivity index (χ2n) is 3.41. The minimum atomic E-state index is -1.37. The van der Waals surface area contributed by atoms with Gasteiger partial charge in [0.15, 0.2) is 6.17 Å². The third-order valence-electron chi connectivity index (χ3n) is 1.92. The molecule has 1 aliphatic heterocycles. The van der Waals surface area contributed by atoms with E-state index in [0.29, 0.717) is 0 Å². The van der Waals surface area contributed by atoms with Crippen molar-refractivity contribution in [2.45, 2.75) is 12.2 Å². The highest BCUT2D eigenvalue weighted by Crippen LogP contribution is 2.08. The Morgan fingerprint density at radius 3 is 2.73 bits per heavy atom. The number of carbonyl (C=O) groups is 1. The molecule has 0 aliphatic carbocycles. The van der Waals surface area contributed by atoms with Crippen molar-refractivity contribution >= 4 is 12.2 Å². The Balaban J connectivity index is 2.89. The Kier molecular flexibility index (Phi) is 3.32. The van der Waals surface area contributed by atoms with E-state index in [1.165, 1.54) is 18.4 Å². The summed E-state index contributed by atoms with van der Waals surface area (Å²) in [6.45, 7) is 0. The molecule has 8 heteroatoms. The molecule has 0 aromatic carbocycles. The van der Waals surface area contributed by atoms with Crippen molar-refractivity contribution in [2.75, 3.05) is 21.1 Å². The second-order valence-corrected chi connectivity index (χ2v) is 3.41. The molecule has 15 heavy (non-hydrogen) atoms. The van der Waals surface area contributed by atoms with Gasteiger partial charge in [-0.3, -0.25) is 14.9 Å². The molecule has 1 heterocycles. The molecule has 1 N–H and O–H groups in total. The number of amides is 1. The number of likely N-dealkylation sites (N-methyl/N-ethyl adjacent to an activating group) is 1. The van der Waals surface area contributed by atoms with E-state index in [1.54, 1.807) is 14.1 Å². The fraction of sp³-hybridized carbons (Fsp3) is 0.714. The van der Waals surface area contributed by atoms with Crippen LogP contribution in [0.25, 0.3) is 0 Å². The molecule has 0 saturated carbocycles. The topological polar surface area (TPSA) is 91.1 Å². The lowest BCUT2D eigenvalue weighted by molar-refractivity contribution is -0.514. The van der Waals surface area contributed by atoms with Gasteiger partial charge in [0.1, 0.15) is 0 Å². The summed E-state index contributed by atoms with van der Waals surface area (Å²) in [6.07, 6.45) is 0.433. The Morgan fingerprint density at radius 1 is 1.67 bits per heavy atom. The number of carbonyl (C=O) groups excluding carboxylic acids is 1. The van der Waals surface area contributed by atoms with Crippen molar-refractivity contribution in [1.29, 1.82) is 0 Å². The van der Waals surface area contributed by atoms with E-state index in [1.807, 2.05) is 0 Å². The number of nitrogens with zero attached hydrogens (tertiary/aromatic N) is 4. The smallest absolute Gasteiger partial charge is 0.300 e. The van der Waals surface area contributed by atoms with E-state index >= 15 is 0 Å². The summed E-state index contributed by atoms with van der Waals surface area (Å²) in [5.74, 6) is -0.575. The van der Waals surface area contributed by atoms with Gasteiger partial charge in [-0.25, -0.2) is 15.4 Å². The lowest BCUT2D eigenvalue weighted by Gasteiger charge is -2.27. The van der Waals surface area contributed by atoms with Crippen LogP contribution in [-0.2, 0) is 4.79 Å². The Labute approximate surface area is 86.7 Å². The number of hydrogen-bond acceptors (Lipinski definition) is 6. The van der Waals surface area contributed by atoms with Crippen LogP contribution >= 0.6 is 0 Å². The Hall–Kier alpha value is -1.54. The molecule has 0 bridgehead atoms. The van der Waals surface area contributed by atoms with Crippen LogP contribution in [0.2, 0.25) is 0 Å². The van der Waals surface area contributed by atoms with Gasteiger partial charge in [0.25, 0.3) is 0 Å². The number of nitrogens with one attached hydrogen (secondary N) is 1. The largest absolute Gasteiger partial charge is 0.326 e. The standard InChI is InChI=1S/C7H13N5O3/c1-10(2)9-6-5(12(14)15)7(13)11(3)4-8-6/h4-6,9H,1-3H3/t5-,6+/m0/s1. The maximum atomic E-state index is 11.5. The fourth-order valence-electron chi connectivity index (χ4n) is 1.23. The minimum absolute atomic E-state index is 0.575. The summed E-state index contributed by atoms with van der Waals surface area (Å²) in [5, 5.41) is 12.3. The average molecular weight is 215 g/mol. The van der Waals surface area contributed by atoms with Crippen molar-refractivity contribution in [3.05, 3.63) is 10.1 Å². The number of rotatable bonds is 3. The molecule has 8 nitrogen and oxygen atoms in total. The van der Waals surface area contributed by atoms with E-state index < -0.39 is 23.0 Å². The average Bonchev–Trinajstić information content (AvgIpc) is 2.10. The van der Waals surface area contributed by atoms with E-state index in [0.717, 1.165) is 4.90 Å². The molecule has 0 spiro atoms. The molecule has 0 saturated heterocycles. The van der Waals surface area contributed by atoms with Crippen LogP contribution in [0.15, 0.2) is 4.99 Å². The summed E-state index contributed by atoms with van der Waals surface area (Å²) in [5.41, 5.74) is 2.71. The van der Waals surface area contributed by atoms with Gasteiger partial charge in [0.2, 0.25) is 0 Å². The maximum Gasteiger partial charge on any atom is 0.326 e. The summed E-state index contributed by atoms with van der Waals surface area (Å²) in [7, 11) is 4.79. The number of aliphatic imine (C=N–C) groups is 1. The first-order valence-electron chi connectivity index (χ1n) is 4.30. The van der Waals surface area contributed by atoms with Gasteiger partial charge in [-0.1, -0.05) is 0 Å².